The van der Waals surface area contributed by atoms with Gasteiger partial charge in [0.25, 0.3) is 0 Å². The van der Waals surface area contributed by atoms with Crippen LogP contribution in [0.1, 0.15) is 16.3 Å². The van der Waals surface area contributed by atoms with Gasteiger partial charge >= 0.3 is 6.09 Å². The number of aromatic nitrogens is 1. The highest BCUT2D eigenvalue weighted by Crippen LogP contribution is 2.08. The molecule has 0 saturated carbocycles. The highest BCUT2D eigenvalue weighted by atomic mass is 32.1. The van der Waals surface area contributed by atoms with E-state index in [2.05, 4.69) is 15.6 Å². The maximum absolute atomic E-state index is 11.6. The number of aryl methyl sites for hydroxylation is 1. The molecule has 23 heavy (non-hydrogen) atoms. The van der Waals surface area contributed by atoms with E-state index < -0.39 is 6.09 Å². The number of carbonyl (C=O) groups is 2. The van der Waals surface area contributed by atoms with Gasteiger partial charge in [0.1, 0.15) is 6.61 Å². The first-order valence-corrected chi connectivity index (χ1v) is 8.13. The lowest BCUT2D eigenvalue weighted by atomic mass is 10.2. The third-order valence-electron chi connectivity index (χ3n) is 2.93. The molecule has 0 saturated heterocycles. The number of thiazole rings is 1. The van der Waals surface area contributed by atoms with E-state index in [0.717, 1.165) is 16.3 Å². The van der Waals surface area contributed by atoms with Gasteiger partial charge in [0, 0.05) is 24.0 Å². The number of hydrogen-bond acceptors (Lipinski definition) is 5. The molecule has 0 aliphatic rings. The summed E-state index contributed by atoms with van der Waals surface area (Å²) in [4.78, 5) is 27.4. The fourth-order valence-corrected chi connectivity index (χ4v) is 2.59. The van der Waals surface area contributed by atoms with E-state index in [4.69, 9.17) is 4.74 Å². The van der Waals surface area contributed by atoms with E-state index in [1.165, 1.54) is 0 Å². The van der Waals surface area contributed by atoms with E-state index in [-0.39, 0.29) is 19.1 Å². The highest BCUT2D eigenvalue weighted by molar-refractivity contribution is 7.09. The van der Waals surface area contributed by atoms with Crippen molar-refractivity contribution in [2.75, 3.05) is 13.1 Å². The molecule has 0 aliphatic carbocycles. The molecule has 0 fully saturated rings. The van der Waals surface area contributed by atoms with Crippen LogP contribution < -0.4 is 10.6 Å². The Bertz CT molecular complexity index is 643. The topological polar surface area (TPSA) is 80.3 Å². The number of hydrogen-bond donors (Lipinski definition) is 2. The maximum Gasteiger partial charge on any atom is 0.407 e. The predicted octanol–water partition coefficient (Wildman–Crippen LogP) is 2.04. The van der Waals surface area contributed by atoms with Crippen LogP contribution in [0.5, 0.6) is 0 Å². The Morgan fingerprint density at radius 3 is 2.70 bits per heavy atom. The van der Waals surface area contributed by atoms with Gasteiger partial charge in [-0.1, -0.05) is 30.3 Å². The minimum Gasteiger partial charge on any atom is -0.445 e. The molecule has 0 spiro atoms. The molecule has 2 N–H and O–H groups in total. The van der Waals surface area contributed by atoms with Crippen LogP contribution in [0.2, 0.25) is 0 Å². The average Bonchev–Trinajstić information content (AvgIpc) is 2.97. The van der Waals surface area contributed by atoms with Crippen molar-refractivity contribution >= 4 is 23.3 Å². The van der Waals surface area contributed by atoms with Gasteiger partial charge in [-0.3, -0.25) is 4.79 Å². The van der Waals surface area contributed by atoms with Gasteiger partial charge in [0.15, 0.2) is 0 Å². The summed E-state index contributed by atoms with van der Waals surface area (Å²) in [5, 5.41) is 8.10. The van der Waals surface area contributed by atoms with Gasteiger partial charge in [-0.05, 0) is 12.5 Å². The largest absolute Gasteiger partial charge is 0.445 e. The van der Waals surface area contributed by atoms with Crippen LogP contribution in [0.3, 0.4) is 0 Å². The van der Waals surface area contributed by atoms with Gasteiger partial charge in [-0.15, -0.1) is 11.3 Å². The molecule has 0 atom stereocenters. The summed E-state index contributed by atoms with van der Waals surface area (Å²) in [7, 11) is 0. The monoisotopic (exact) mass is 333 g/mol. The third-order valence-corrected chi connectivity index (χ3v) is 3.96. The summed E-state index contributed by atoms with van der Waals surface area (Å²) < 4.78 is 5.02. The van der Waals surface area contributed by atoms with Gasteiger partial charge in [0.05, 0.1) is 11.6 Å². The van der Waals surface area contributed by atoms with Crippen LogP contribution in [0.15, 0.2) is 35.7 Å². The molecule has 6 nitrogen and oxygen atoms in total. The van der Waals surface area contributed by atoms with Crippen LogP contribution in [0, 0.1) is 6.92 Å². The first-order valence-electron chi connectivity index (χ1n) is 7.26. The number of ether oxygens (including phenoxy) is 1. The summed E-state index contributed by atoms with van der Waals surface area (Å²) in [6.45, 7) is 2.50. The third kappa shape index (κ3) is 6.48. The summed E-state index contributed by atoms with van der Waals surface area (Å²) in [6.07, 6.45) is 0.0717. The number of amides is 2. The van der Waals surface area contributed by atoms with Crippen molar-refractivity contribution in [1.29, 1.82) is 0 Å². The van der Waals surface area contributed by atoms with E-state index in [0.29, 0.717) is 13.0 Å². The second-order valence-electron chi connectivity index (χ2n) is 4.90. The van der Waals surface area contributed by atoms with Crippen LogP contribution in [0.4, 0.5) is 4.79 Å². The normalized spacial score (nSPS) is 10.1. The quantitative estimate of drug-likeness (QED) is 0.812. The average molecular weight is 333 g/mol. The van der Waals surface area contributed by atoms with E-state index in [1.807, 2.05) is 42.6 Å². The van der Waals surface area contributed by atoms with Gasteiger partial charge in [-0.25, -0.2) is 9.78 Å². The van der Waals surface area contributed by atoms with Crippen molar-refractivity contribution < 1.29 is 14.3 Å². The number of nitrogens with zero attached hydrogens (tertiary/aromatic N) is 1. The maximum atomic E-state index is 11.6. The van der Waals surface area contributed by atoms with E-state index in [1.54, 1.807) is 11.3 Å². The molecule has 2 amide bonds. The Kier molecular flexibility index (Phi) is 6.56. The molecule has 1 aromatic carbocycles. The second-order valence-corrected chi connectivity index (χ2v) is 5.84. The molecule has 7 heteroatoms. The molecule has 0 unspecified atom stereocenters. The lowest BCUT2D eigenvalue weighted by Crippen LogP contribution is -2.37. The second kappa shape index (κ2) is 8.89. The molecule has 1 aromatic heterocycles. The zero-order valence-corrected chi connectivity index (χ0v) is 13.7. The Hall–Kier alpha value is -2.41. The Labute approximate surface area is 138 Å². The van der Waals surface area contributed by atoms with Crippen molar-refractivity contribution in [3.8, 4) is 0 Å². The van der Waals surface area contributed by atoms with Gasteiger partial charge in [0.2, 0.25) is 5.91 Å². The zero-order chi connectivity index (χ0) is 16.5. The van der Waals surface area contributed by atoms with Crippen molar-refractivity contribution in [3.05, 3.63) is 52.0 Å². The molecule has 1 heterocycles. The Morgan fingerprint density at radius 2 is 2.00 bits per heavy atom. The van der Waals surface area contributed by atoms with Crippen LogP contribution in [-0.4, -0.2) is 30.1 Å². The van der Waals surface area contributed by atoms with Crippen LogP contribution >= 0.6 is 11.3 Å². The first kappa shape index (κ1) is 17.0. The summed E-state index contributed by atoms with van der Waals surface area (Å²) in [5.41, 5.74) is 1.88. The number of rotatable bonds is 7. The Balaban J connectivity index is 1.57. The predicted molar refractivity (Wildman–Crippen MR) is 88.2 cm³/mol. The van der Waals surface area contributed by atoms with Crippen molar-refractivity contribution in [2.45, 2.75) is 20.0 Å². The zero-order valence-electron chi connectivity index (χ0n) is 12.9. The van der Waals surface area contributed by atoms with Crippen molar-refractivity contribution in [2.24, 2.45) is 0 Å². The lowest BCUT2D eigenvalue weighted by Gasteiger charge is -2.07. The van der Waals surface area contributed by atoms with E-state index >= 15 is 0 Å². The first-order chi connectivity index (χ1) is 11.1. The van der Waals surface area contributed by atoms with Crippen LogP contribution in [0.25, 0.3) is 0 Å². The highest BCUT2D eigenvalue weighted by Gasteiger charge is 2.07. The number of nitrogens with one attached hydrogen (secondary N) is 2. The van der Waals surface area contributed by atoms with Crippen molar-refractivity contribution in [1.82, 2.24) is 15.6 Å². The Morgan fingerprint density at radius 1 is 1.22 bits per heavy atom. The van der Waals surface area contributed by atoms with E-state index in [9.17, 15) is 9.59 Å². The molecule has 0 aliphatic heterocycles. The molecule has 122 valence electrons. The number of benzene rings is 1. The molecule has 0 bridgehead atoms. The number of carbonyl (C=O) groups excluding carboxylic acids is 2. The fraction of sp³-hybridized carbons (Fsp3) is 0.312. The van der Waals surface area contributed by atoms with Gasteiger partial charge < -0.3 is 15.4 Å². The number of alkyl carbamates (subject to hydrolysis) is 1. The molecular weight excluding hydrogens is 314 g/mol. The summed E-state index contributed by atoms with van der Waals surface area (Å²) in [5.74, 6) is -0.255. The van der Waals surface area contributed by atoms with Gasteiger partial charge in [-0.2, -0.15) is 0 Å². The minimum absolute atomic E-state index is 0.107. The molecule has 2 aromatic rings. The molecule has 0 radical (unpaired) electrons. The summed E-state index contributed by atoms with van der Waals surface area (Å²) >= 11 is 1.57. The standard InChI is InChI=1S/C16H19N3O3S/c1-12-11-23-15(19-12)7-8-17-14(20)9-18-16(21)22-10-13-5-3-2-4-6-13/h2-6,11H,7-10H2,1H3,(H,17,20)(H,18,21). The van der Waals surface area contributed by atoms with Crippen LogP contribution in [-0.2, 0) is 22.6 Å². The SMILES string of the molecule is Cc1csc(CCNC(=O)CNC(=O)OCc2ccccc2)n1. The molecular formula is C16H19N3O3S. The minimum atomic E-state index is -0.612. The molecule has 2 rings (SSSR count). The lowest BCUT2D eigenvalue weighted by molar-refractivity contribution is -0.120. The smallest absolute Gasteiger partial charge is 0.407 e. The summed E-state index contributed by atoms with van der Waals surface area (Å²) in [6, 6.07) is 9.35. The fourth-order valence-electron chi connectivity index (χ4n) is 1.82. The van der Waals surface area contributed by atoms with Crippen molar-refractivity contribution in [3.63, 3.8) is 0 Å².